The number of likely N-dealkylation sites (tertiary alicyclic amines) is 1. The van der Waals surface area contributed by atoms with Crippen molar-refractivity contribution in [1.82, 2.24) is 9.80 Å². The van der Waals surface area contributed by atoms with Gasteiger partial charge in [-0.1, -0.05) is 54.1 Å². The Kier molecular flexibility index (Phi) is 4.18. The van der Waals surface area contributed by atoms with E-state index in [1.807, 2.05) is 58.3 Å². The lowest BCUT2D eigenvalue weighted by Crippen LogP contribution is -2.49. The molecule has 0 unspecified atom stereocenters. The standard InChI is InChI=1S/C22H21ClN2O3/c23-17-8-4-5-15(11-17)12-20(26)24-10-9-22-19(24)13-21(27)25(22)18(14-28-22)16-6-2-1-3-7-16/h1-8,11,18-19H,9-10,12-14H2/t18-,19+,22-/m0/s1. The first-order valence-electron chi connectivity index (χ1n) is 9.63. The maximum atomic E-state index is 13.0. The molecule has 1 spiro atoms. The smallest absolute Gasteiger partial charge is 0.227 e. The maximum absolute atomic E-state index is 13.0. The Morgan fingerprint density at radius 2 is 2.00 bits per heavy atom. The van der Waals surface area contributed by atoms with Crippen LogP contribution in [0.1, 0.15) is 30.0 Å². The van der Waals surface area contributed by atoms with Gasteiger partial charge in [-0.3, -0.25) is 9.59 Å². The molecule has 0 aliphatic carbocycles. The molecule has 3 atom stereocenters. The predicted molar refractivity (Wildman–Crippen MR) is 105 cm³/mol. The van der Waals surface area contributed by atoms with E-state index >= 15 is 0 Å². The zero-order valence-electron chi connectivity index (χ0n) is 15.4. The molecule has 0 N–H and O–H groups in total. The lowest BCUT2D eigenvalue weighted by Gasteiger charge is -2.33. The summed E-state index contributed by atoms with van der Waals surface area (Å²) < 4.78 is 6.27. The number of halogens is 1. The summed E-state index contributed by atoms with van der Waals surface area (Å²) in [5.74, 6) is 0.0853. The first-order chi connectivity index (χ1) is 13.6. The highest BCUT2D eigenvalue weighted by atomic mass is 35.5. The van der Waals surface area contributed by atoms with Gasteiger partial charge in [-0.2, -0.15) is 0 Å². The minimum absolute atomic E-state index is 0.0190. The average Bonchev–Trinajstić information content (AvgIpc) is 3.31. The number of rotatable bonds is 3. The fourth-order valence-electron chi connectivity index (χ4n) is 4.99. The molecule has 0 aromatic heterocycles. The van der Waals surface area contributed by atoms with Gasteiger partial charge >= 0.3 is 0 Å². The fraction of sp³-hybridized carbons (Fsp3) is 0.364. The average molecular weight is 397 g/mol. The van der Waals surface area contributed by atoms with Gasteiger partial charge < -0.3 is 14.5 Å². The molecule has 28 heavy (non-hydrogen) atoms. The third kappa shape index (κ3) is 2.65. The predicted octanol–water partition coefficient (Wildman–Crippen LogP) is 3.18. The first-order valence-corrected chi connectivity index (χ1v) is 10.0. The van der Waals surface area contributed by atoms with Crippen LogP contribution < -0.4 is 0 Å². The molecule has 3 aliphatic rings. The summed E-state index contributed by atoms with van der Waals surface area (Å²) in [6.45, 7) is 1.08. The van der Waals surface area contributed by atoms with Crippen LogP contribution in [-0.4, -0.2) is 46.5 Å². The molecule has 144 valence electrons. The fourth-order valence-corrected chi connectivity index (χ4v) is 5.20. The summed E-state index contributed by atoms with van der Waals surface area (Å²) in [4.78, 5) is 29.7. The van der Waals surface area contributed by atoms with E-state index in [-0.39, 0.29) is 30.3 Å². The SMILES string of the molecule is O=C(Cc1cccc(Cl)c1)N1CC[C@@]23OC[C@@H](c4ccccc4)N2C(=O)C[C@@H]13. The van der Waals surface area contributed by atoms with Gasteiger partial charge in [0.05, 0.1) is 31.5 Å². The molecule has 0 radical (unpaired) electrons. The monoisotopic (exact) mass is 396 g/mol. The summed E-state index contributed by atoms with van der Waals surface area (Å²) in [5, 5.41) is 0.621. The lowest BCUT2D eigenvalue weighted by atomic mass is 10.0. The Morgan fingerprint density at radius 3 is 2.79 bits per heavy atom. The molecular formula is C22H21ClN2O3. The number of carbonyl (C=O) groups is 2. The molecule has 3 fully saturated rings. The summed E-state index contributed by atoms with van der Waals surface area (Å²) >= 11 is 6.05. The highest BCUT2D eigenvalue weighted by Gasteiger charge is 2.65. The van der Waals surface area contributed by atoms with Crippen LogP contribution >= 0.6 is 11.6 Å². The van der Waals surface area contributed by atoms with Gasteiger partial charge in [0.15, 0.2) is 5.72 Å². The number of hydrogen-bond donors (Lipinski definition) is 0. The van der Waals surface area contributed by atoms with Crippen LogP contribution in [0, 0.1) is 0 Å². The van der Waals surface area contributed by atoms with Crippen LogP contribution in [-0.2, 0) is 20.7 Å². The Labute approximate surface area is 168 Å². The van der Waals surface area contributed by atoms with Crippen molar-refractivity contribution < 1.29 is 14.3 Å². The van der Waals surface area contributed by atoms with E-state index in [2.05, 4.69) is 0 Å². The molecule has 2 amide bonds. The van der Waals surface area contributed by atoms with E-state index in [1.165, 1.54) is 0 Å². The Bertz CT molecular complexity index is 934. The van der Waals surface area contributed by atoms with Gasteiger partial charge in [-0.25, -0.2) is 0 Å². The van der Waals surface area contributed by atoms with Crippen LogP contribution in [0.25, 0.3) is 0 Å². The van der Waals surface area contributed by atoms with Gasteiger partial charge in [-0.05, 0) is 23.3 Å². The molecule has 6 heteroatoms. The molecule has 2 aromatic carbocycles. The van der Waals surface area contributed by atoms with Crippen molar-refractivity contribution in [3.8, 4) is 0 Å². The third-order valence-corrected chi connectivity index (χ3v) is 6.44. The molecule has 3 heterocycles. The molecule has 0 saturated carbocycles. The molecule has 5 rings (SSSR count). The normalized spacial score (nSPS) is 28.5. The Hall–Kier alpha value is -2.37. The minimum Gasteiger partial charge on any atom is -0.351 e. The molecule has 3 aliphatic heterocycles. The van der Waals surface area contributed by atoms with Crippen molar-refractivity contribution in [1.29, 1.82) is 0 Å². The van der Waals surface area contributed by atoms with Crippen LogP contribution in [0.3, 0.4) is 0 Å². The highest BCUT2D eigenvalue weighted by Crippen LogP contribution is 2.51. The van der Waals surface area contributed by atoms with Crippen molar-refractivity contribution in [3.63, 3.8) is 0 Å². The van der Waals surface area contributed by atoms with Gasteiger partial charge in [-0.15, -0.1) is 0 Å². The quantitative estimate of drug-likeness (QED) is 0.800. The van der Waals surface area contributed by atoms with E-state index in [1.54, 1.807) is 6.07 Å². The van der Waals surface area contributed by atoms with Crippen molar-refractivity contribution in [2.45, 2.75) is 37.1 Å². The largest absolute Gasteiger partial charge is 0.351 e. The minimum atomic E-state index is -0.679. The van der Waals surface area contributed by atoms with Crippen molar-refractivity contribution in [2.24, 2.45) is 0 Å². The number of amides is 2. The lowest BCUT2D eigenvalue weighted by molar-refractivity contribution is -0.141. The second kappa shape index (κ2) is 6.61. The molecule has 5 nitrogen and oxygen atoms in total. The second-order valence-electron chi connectivity index (χ2n) is 7.71. The summed E-state index contributed by atoms with van der Waals surface area (Å²) in [6.07, 6.45) is 1.27. The molecule has 0 bridgehead atoms. The topological polar surface area (TPSA) is 49.9 Å². The van der Waals surface area contributed by atoms with Gasteiger partial charge in [0.2, 0.25) is 11.8 Å². The van der Waals surface area contributed by atoms with Crippen molar-refractivity contribution >= 4 is 23.4 Å². The summed E-state index contributed by atoms with van der Waals surface area (Å²) in [6, 6.07) is 17.0. The first kappa shape index (κ1) is 17.7. The van der Waals surface area contributed by atoms with E-state index in [0.717, 1.165) is 11.1 Å². The number of benzene rings is 2. The zero-order valence-corrected chi connectivity index (χ0v) is 16.1. The molecule has 3 saturated heterocycles. The van der Waals surface area contributed by atoms with Gasteiger partial charge in [0, 0.05) is 18.0 Å². The number of hydrogen-bond acceptors (Lipinski definition) is 3. The summed E-state index contributed by atoms with van der Waals surface area (Å²) in [5.41, 5.74) is 1.29. The van der Waals surface area contributed by atoms with E-state index in [0.29, 0.717) is 31.0 Å². The number of ether oxygens (including phenoxy) is 1. The van der Waals surface area contributed by atoms with E-state index in [4.69, 9.17) is 16.3 Å². The molecule has 2 aromatic rings. The van der Waals surface area contributed by atoms with Crippen LogP contribution in [0.4, 0.5) is 0 Å². The van der Waals surface area contributed by atoms with Gasteiger partial charge in [0.25, 0.3) is 0 Å². The Morgan fingerprint density at radius 1 is 1.18 bits per heavy atom. The Balaban J connectivity index is 1.39. The zero-order chi connectivity index (χ0) is 19.3. The number of carbonyl (C=O) groups excluding carboxylic acids is 2. The second-order valence-corrected chi connectivity index (χ2v) is 8.15. The van der Waals surface area contributed by atoms with Crippen molar-refractivity contribution in [2.75, 3.05) is 13.2 Å². The van der Waals surface area contributed by atoms with Crippen molar-refractivity contribution in [3.05, 3.63) is 70.7 Å². The van der Waals surface area contributed by atoms with E-state index < -0.39 is 5.72 Å². The highest BCUT2D eigenvalue weighted by molar-refractivity contribution is 6.30. The van der Waals surface area contributed by atoms with Crippen LogP contribution in [0.15, 0.2) is 54.6 Å². The summed E-state index contributed by atoms with van der Waals surface area (Å²) in [7, 11) is 0. The third-order valence-electron chi connectivity index (χ3n) is 6.20. The molecular weight excluding hydrogens is 376 g/mol. The van der Waals surface area contributed by atoms with Crippen LogP contribution in [0.5, 0.6) is 0 Å². The van der Waals surface area contributed by atoms with Gasteiger partial charge in [0.1, 0.15) is 0 Å². The maximum Gasteiger partial charge on any atom is 0.227 e. The van der Waals surface area contributed by atoms with Crippen LogP contribution in [0.2, 0.25) is 5.02 Å². The number of nitrogens with zero attached hydrogens (tertiary/aromatic N) is 2. The van der Waals surface area contributed by atoms with E-state index in [9.17, 15) is 9.59 Å².